The molecule has 1 aliphatic heterocycles. The van der Waals surface area contributed by atoms with Crippen molar-refractivity contribution in [3.63, 3.8) is 0 Å². The Balaban J connectivity index is 1.80. The Bertz CT molecular complexity index is 1070. The van der Waals surface area contributed by atoms with Crippen molar-refractivity contribution in [2.75, 3.05) is 20.3 Å². The van der Waals surface area contributed by atoms with Crippen LogP contribution in [0.5, 0.6) is 5.75 Å². The van der Waals surface area contributed by atoms with Crippen molar-refractivity contribution in [3.8, 4) is 5.75 Å². The van der Waals surface area contributed by atoms with Crippen LogP contribution in [-0.4, -0.2) is 35.7 Å². The highest BCUT2D eigenvalue weighted by atomic mass is 16.5. The molecule has 1 atom stereocenters. The molecule has 0 saturated carbocycles. The molecule has 6 heteroatoms. The highest BCUT2D eigenvalue weighted by molar-refractivity contribution is 6.01. The van der Waals surface area contributed by atoms with E-state index in [9.17, 15) is 4.79 Å². The van der Waals surface area contributed by atoms with Crippen molar-refractivity contribution in [3.05, 3.63) is 58.4 Å². The van der Waals surface area contributed by atoms with Gasteiger partial charge in [-0.25, -0.2) is 4.98 Å². The molecule has 0 spiro atoms. The van der Waals surface area contributed by atoms with E-state index in [1.54, 1.807) is 7.11 Å². The molecule has 6 nitrogen and oxygen atoms in total. The first kappa shape index (κ1) is 19.5. The molecule has 4 rings (SSSR count). The maximum absolute atomic E-state index is 12.9. The number of nitrogens with zero attached hydrogens (tertiary/aromatic N) is 2. The standard InChI is InChI=1S/C23H27N3O3/c1-14-7-5-6-8-16(14)20-10-9-17-18(23(27)24-11-12-28-4)13-19-21(22(17)29-20)25-15(2)26(19)3/h5-8,13,20H,9-12H2,1-4H3,(H,24,27)/t20-/m0/s1. The van der Waals surface area contributed by atoms with Crippen LogP contribution in [0, 0.1) is 13.8 Å². The van der Waals surface area contributed by atoms with Gasteiger partial charge in [-0.15, -0.1) is 0 Å². The van der Waals surface area contributed by atoms with Gasteiger partial charge in [0.1, 0.15) is 17.4 Å². The third-order valence-electron chi connectivity index (χ3n) is 5.75. The summed E-state index contributed by atoms with van der Waals surface area (Å²) in [4.78, 5) is 17.6. The van der Waals surface area contributed by atoms with E-state index in [0.717, 1.165) is 41.0 Å². The summed E-state index contributed by atoms with van der Waals surface area (Å²) in [5.41, 5.74) is 5.73. The fourth-order valence-corrected chi connectivity index (χ4v) is 4.03. The minimum Gasteiger partial charge on any atom is -0.483 e. The number of hydrogen-bond acceptors (Lipinski definition) is 4. The first-order valence-corrected chi connectivity index (χ1v) is 9.99. The average Bonchev–Trinajstić information content (AvgIpc) is 3.02. The third kappa shape index (κ3) is 3.49. The van der Waals surface area contributed by atoms with Crippen molar-refractivity contribution < 1.29 is 14.3 Å². The van der Waals surface area contributed by atoms with E-state index in [4.69, 9.17) is 14.5 Å². The number of amides is 1. The Labute approximate surface area is 170 Å². The molecule has 152 valence electrons. The number of imidazole rings is 1. The molecule has 3 aromatic rings. The molecule has 0 aliphatic carbocycles. The van der Waals surface area contributed by atoms with Crippen molar-refractivity contribution in [2.24, 2.45) is 7.05 Å². The summed E-state index contributed by atoms with van der Waals surface area (Å²) in [6.45, 7) is 5.02. The largest absolute Gasteiger partial charge is 0.483 e. The molecule has 1 N–H and O–H groups in total. The molecule has 0 bridgehead atoms. The lowest BCUT2D eigenvalue weighted by Crippen LogP contribution is -2.29. The van der Waals surface area contributed by atoms with Crippen LogP contribution in [0.1, 0.15) is 45.4 Å². The van der Waals surface area contributed by atoms with Gasteiger partial charge in [0.15, 0.2) is 5.75 Å². The fourth-order valence-electron chi connectivity index (χ4n) is 4.03. The minimum absolute atomic E-state index is 0.0407. The van der Waals surface area contributed by atoms with E-state index in [-0.39, 0.29) is 12.0 Å². The fraction of sp³-hybridized carbons (Fsp3) is 0.391. The number of nitrogens with one attached hydrogen (secondary N) is 1. The molecule has 29 heavy (non-hydrogen) atoms. The van der Waals surface area contributed by atoms with Crippen LogP contribution >= 0.6 is 0 Å². The number of rotatable bonds is 5. The highest BCUT2D eigenvalue weighted by Crippen LogP contribution is 2.42. The Morgan fingerprint density at radius 3 is 2.90 bits per heavy atom. The van der Waals surface area contributed by atoms with Gasteiger partial charge in [-0.05, 0) is 43.9 Å². The SMILES string of the molecule is COCCNC(=O)c1cc2c(nc(C)n2C)c2c1CC[C@@H](c1ccccc1C)O2. The molecule has 0 radical (unpaired) electrons. The predicted octanol–water partition coefficient (Wildman–Crippen LogP) is 3.63. The molecule has 1 aromatic heterocycles. The van der Waals surface area contributed by atoms with E-state index in [0.29, 0.717) is 18.7 Å². The zero-order chi connectivity index (χ0) is 20.5. The highest BCUT2D eigenvalue weighted by Gasteiger charge is 2.30. The number of aromatic nitrogens is 2. The summed E-state index contributed by atoms with van der Waals surface area (Å²) >= 11 is 0. The Kier molecular flexibility index (Phi) is 5.28. The Morgan fingerprint density at radius 1 is 1.34 bits per heavy atom. The maximum Gasteiger partial charge on any atom is 0.251 e. The van der Waals surface area contributed by atoms with Gasteiger partial charge in [0, 0.05) is 31.8 Å². The Hall–Kier alpha value is -2.86. The second kappa shape index (κ2) is 7.87. The molecule has 0 unspecified atom stereocenters. The van der Waals surface area contributed by atoms with Crippen LogP contribution in [-0.2, 0) is 18.2 Å². The summed E-state index contributed by atoms with van der Waals surface area (Å²) in [6, 6.07) is 10.2. The molecule has 1 amide bonds. The first-order chi connectivity index (χ1) is 14.0. The first-order valence-electron chi connectivity index (χ1n) is 9.99. The molecular weight excluding hydrogens is 366 g/mol. The second-order valence-corrected chi connectivity index (χ2v) is 7.57. The summed E-state index contributed by atoms with van der Waals surface area (Å²) in [5, 5.41) is 2.94. The van der Waals surface area contributed by atoms with Crippen LogP contribution in [0.4, 0.5) is 0 Å². The van der Waals surface area contributed by atoms with Crippen molar-refractivity contribution in [1.82, 2.24) is 14.9 Å². The summed E-state index contributed by atoms with van der Waals surface area (Å²) in [7, 11) is 3.59. The van der Waals surface area contributed by atoms with Crippen LogP contribution in [0.3, 0.4) is 0 Å². The number of aryl methyl sites for hydroxylation is 3. The maximum atomic E-state index is 12.9. The quantitative estimate of drug-likeness (QED) is 0.672. The van der Waals surface area contributed by atoms with Gasteiger partial charge in [0.25, 0.3) is 5.91 Å². The van der Waals surface area contributed by atoms with E-state index >= 15 is 0 Å². The number of carbonyl (C=O) groups is 1. The number of fused-ring (bicyclic) bond motifs is 3. The molecular formula is C23H27N3O3. The van der Waals surface area contributed by atoms with Gasteiger partial charge in [-0.1, -0.05) is 24.3 Å². The third-order valence-corrected chi connectivity index (χ3v) is 5.75. The average molecular weight is 393 g/mol. The van der Waals surface area contributed by atoms with Crippen molar-refractivity contribution in [2.45, 2.75) is 32.8 Å². The number of carbonyl (C=O) groups excluding carboxylic acids is 1. The van der Waals surface area contributed by atoms with E-state index < -0.39 is 0 Å². The molecule has 1 aliphatic rings. The minimum atomic E-state index is -0.100. The van der Waals surface area contributed by atoms with Gasteiger partial charge in [-0.3, -0.25) is 4.79 Å². The normalized spacial score (nSPS) is 15.8. The summed E-state index contributed by atoms with van der Waals surface area (Å²) in [5.74, 6) is 1.53. The second-order valence-electron chi connectivity index (χ2n) is 7.57. The van der Waals surface area contributed by atoms with Gasteiger partial charge in [0.2, 0.25) is 0 Å². The molecule has 2 aromatic carbocycles. The van der Waals surface area contributed by atoms with Crippen molar-refractivity contribution in [1.29, 1.82) is 0 Å². The van der Waals surface area contributed by atoms with Crippen LogP contribution < -0.4 is 10.1 Å². The number of hydrogen-bond donors (Lipinski definition) is 1. The lowest BCUT2D eigenvalue weighted by molar-refractivity contribution is 0.0933. The van der Waals surface area contributed by atoms with Gasteiger partial charge >= 0.3 is 0 Å². The Morgan fingerprint density at radius 2 is 2.14 bits per heavy atom. The smallest absolute Gasteiger partial charge is 0.251 e. The zero-order valence-electron chi connectivity index (χ0n) is 17.4. The number of ether oxygens (including phenoxy) is 2. The van der Waals surface area contributed by atoms with E-state index in [1.165, 1.54) is 11.1 Å². The van der Waals surface area contributed by atoms with Gasteiger partial charge in [-0.2, -0.15) is 0 Å². The van der Waals surface area contributed by atoms with Gasteiger partial charge < -0.3 is 19.4 Å². The summed E-state index contributed by atoms with van der Waals surface area (Å²) in [6.07, 6.45) is 1.56. The lowest BCUT2D eigenvalue weighted by atomic mass is 9.91. The molecule has 0 saturated heterocycles. The van der Waals surface area contributed by atoms with Gasteiger partial charge in [0.05, 0.1) is 12.1 Å². The zero-order valence-corrected chi connectivity index (χ0v) is 17.4. The van der Waals surface area contributed by atoms with E-state index in [2.05, 4.69) is 24.4 Å². The van der Waals surface area contributed by atoms with Crippen LogP contribution in [0.15, 0.2) is 30.3 Å². The molecule has 0 fully saturated rings. The number of benzene rings is 2. The number of methoxy groups -OCH3 is 1. The van der Waals surface area contributed by atoms with Crippen molar-refractivity contribution >= 4 is 16.9 Å². The topological polar surface area (TPSA) is 65.4 Å². The van der Waals surface area contributed by atoms with Crippen LogP contribution in [0.25, 0.3) is 11.0 Å². The lowest BCUT2D eigenvalue weighted by Gasteiger charge is -2.29. The van der Waals surface area contributed by atoms with Crippen LogP contribution in [0.2, 0.25) is 0 Å². The molecule has 2 heterocycles. The summed E-state index contributed by atoms with van der Waals surface area (Å²) < 4.78 is 13.6. The monoisotopic (exact) mass is 393 g/mol. The predicted molar refractivity (Wildman–Crippen MR) is 113 cm³/mol. The van der Waals surface area contributed by atoms with E-state index in [1.807, 2.05) is 36.7 Å².